The Morgan fingerprint density at radius 1 is 1.32 bits per heavy atom. The van der Waals surface area contributed by atoms with E-state index in [0.29, 0.717) is 24.8 Å². The molecule has 6 nitrogen and oxygen atoms in total. The quantitative estimate of drug-likeness (QED) is 0.777. The second-order valence-corrected chi connectivity index (χ2v) is 7.19. The fourth-order valence-electron chi connectivity index (χ4n) is 2.87. The smallest absolute Gasteiger partial charge is 0.300 e. The van der Waals surface area contributed by atoms with Crippen LogP contribution in [0.4, 0.5) is 0 Å². The fraction of sp³-hybridized carbons (Fsp3) is 0.917. The highest BCUT2D eigenvalue weighted by molar-refractivity contribution is 7.89. The van der Waals surface area contributed by atoms with Gasteiger partial charge in [-0.05, 0) is 31.7 Å². The zero-order valence-electron chi connectivity index (χ0n) is 11.4. The van der Waals surface area contributed by atoms with Gasteiger partial charge in [-0.1, -0.05) is 12.8 Å². The summed E-state index contributed by atoms with van der Waals surface area (Å²) in [6, 6.07) is 0.191. The van der Waals surface area contributed by atoms with Crippen molar-refractivity contribution in [3.8, 4) is 0 Å². The maximum absolute atomic E-state index is 11.8. The summed E-state index contributed by atoms with van der Waals surface area (Å²) in [4.78, 5) is 9.00. The van der Waals surface area contributed by atoms with Crippen LogP contribution in [0, 0.1) is 5.92 Å². The number of carbonyl (C=O) groups is 1. The van der Waals surface area contributed by atoms with Crippen molar-refractivity contribution in [3.63, 3.8) is 0 Å². The zero-order valence-corrected chi connectivity index (χ0v) is 12.2. The van der Waals surface area contributed by atoms with Crippen LogP contribution in [0.5, 0.6) is 0 Å². The largest absolute Gasteiger partial charge is 0.481 e. The van der Waals surface area contributed by atoms with E-state index in [4.69, 9.17) is 15.6 Å². The number of carboxylic acid groups (broad SMARTS) is 1. The summed E-state index contributed by atoms with van der Waals surface area (Å²) in [6.45, 7) is 2.42. The minimum Gasteiger partial charge on any atom is -0.481 e. The Labute approximate surface area is 115 Å². The maximum atomic E-state index is 11.8. The van der Waals surface area contributed by atoms with Gasteiger partial charge in [-0.2, -0.15) is 4.31 Å². The molecular formula is C12H24N2O4S. The summed E-state index contributed by atoms with van der Waals surface area (Å²) >= 11 is 0. The monoisotopic (exact) mass is 292 g/mol. The molecule has 0 radical (unpaired) electrons. The Morgan fingerprint density at radius 3 is 2.37 bits per heavy atom. The standard InChI is InChI=1S/C10H20N2O2S.C2H4O2/c11-8-9-4-1-2-5-10(9)12-6-3-7-15(12,13)14;1-2(3)4/h9-10H,1-8,11H2;1H3,(H,3,4). The van der Waals surface area contributed by atoms with Gasteiger partial charge in [0.1, 0.15) is 0 Å². The highest BCUT2D eigenvalue weighted by Crippen LogP contribution is 2.31. The second-order valence-electron chi connectivity index (χ2n) is 5.15. The summed E-state index contributed by atoms with van der Waals surface area (Å²) in [6.07, 6.45) is 5.23. The van der Waals surface area contributed by atoms with E-state index in [1.165, 1.54) is 6.42 Å². The maximum Gasteiger partial charge on any atom is 0.300 e. The molecule has 3 N–H and O–H groups in total. The molecule has 7 heteroatoms. The van der Waals surface area contributed by atoms with Crippen LogP contribution in [0.15, 0.2) is 0 Å². The van der Waals surface area contributed by atoms with Crippen molar-refractivity contribution in [1.82, 2.24) is 4.31 Å². The van der Waals surface area contributed by atoms with Gasteiger partial charge < -0.3 is 10.8 Å². The van der Waals surface area contributed by atoms with E-state index in [9.17, 15) is 8.42 Å². The molecule has 1 heterocycles. The molecule has 1 saturated heterocycles. The van der Waals surface area contributed by atoms with Crippen LogP contribution in [-0.4, -0.2) is 48.7 Å². The molecule has 1 saturated carbocycles. The minimum absolute atomic E-state index is 0.191. The Balaban J connectivity index is 0.000000399. The van der Waals surface area contributed by atoms with E-state index in [0.717, 1.165) is 32.6 Å². The lowest BCUT2D eigenvalue weighted by Gasteiger charge is -2.36. The van der Waals surface area contributed by atoms with Crippen molar-refractivity contribution in [3.05, 3.63) is 0 Å². The van der Waals surface area contributed by atoms with Gasteiger partial charge in [0, 0.05) is 19.5 Å². The first-order chi connectivity index (χ1) is 8.88. The van der Waals surface area contributed by atoms with Crippen LogP contribution in [0.25, 0.3) is 0 Å². The highest BCUT2D eigenvalue weighted by Gasteiger charge is 2.38. The van der Waals surface area contributed by atoms with E-state index < -0.39 is 16.0 Å². The normalized spacial score (nSPS) is 30.4. The van der Waals surface area contributed by atoms with Crippen molar-refractivity contribution < 1.29 is 18.3 Å². The van der Waals surface area contributed by atoms with E-state index in [2.05, 4.69) is 0 Å². The lowest BCUT2D eigenvalue weighted by Crippen LogP contribution is -2.45. The van der Waals surface area contributed by atoms with Crippen LogP contribution in [0.2, 0.25) is 0 Å². The van der Waals surface area contributed by atoms with E-state index in [1.807, 2.05) is 0 Å². The predicted molar refractivity (Wildman–Crippen MR) is 73.2 cm³/mol. The molecule has 19 heavy (non-hydrogen) atoms. The number of sulfonamides is 1. The molecule has 0 amide bonds. The SMILES string of the molecule is CC(=O)O.NCC1CCCCC1N1CCCS1(=O)=O. The van der Waals surface area contributed by atoms with Crippen molar-refractivity contribution in [1.29, 1.82) is 0 Å². The van der Waals surface area contributed by atoms with Gasteiger partial charge in [-0.15, -0.1) is 0 Å². The topological polar surface area (TPSA) is 101 Å². The van der Waals surface area contributed by atoms with Crippen molar-refractivity contribution in [2.24, 2.45) is 11.7 Å². The van der Waals surface area contributed by atoms with Crippen molar-refractivity contribution in [2.75, 3.05) is 18.8 Å². The second kappa shape index (κ2) is 7.21. The lowest BCUT2D eigenvalue weighted by molar-refractivity contribution is -0.134. The summed E-state index contributed by atoms with van der Waals surface area (Å²) in [5, 5.41) is 7.42. The van der Waals surface area contributed by atoms with Crippen LogP contribution in [0.1, 0.15) is 39.0 Å². The van der Waals surface area contributed by atoms with Crippen LogP contribution in [-0.2, 0) is 14.8 Å². The number of hydrogen-bond donors (Lipinski definition) is 2. The van der Waals surface area contributed by atoms with E-state index >= 15 is 0 Å². The number of aliphatic carboxylic acids is 1. The Morgan fingerprint density at radius 2 is 1.89 bits per heavy atom. The molecule has 0 aromatic carbocycles. The molecule has 2 rings (SSSR count). The molecule has 2 fully saturated rings. The predicted octanol–water partition coefficient (Wildman–Crippen LogP) is 0.630. The van der Waals surface area contributed by atoms with Gasteiger partial charge in [0.25, 0.3) is 5.97 Å². The molecular weight excluding hydrogens is 268 g/mol. The molecule has 0 spiro atoms. The molecule has 0 aromatic heterocycles. The Hall–Kier alpha value is -0.660. The average molecular weight is 292 g/mol. The van der Waals surface area contributed by atoms with Gasteiger partial charge in [0.15, 0.2) is 0 Å². The summed E-state index contributed by atoms with van der Waals surface area (Å²) in [5.41, 5.74) is 5.73. The van der Waals surface area contributed by atoms with Crippen LogP contribution in [0.3, 0.4) is 0 Å². The lowest BCUT2D eigenvalue weighted by atomic mass is 9.84. The number of nitrogens with two attached hydrogens (primary N) is 1. The third kappa shape index (κ3) is 4.74. The Bertz CT molecular complexity index is 393. The van der Waals surface area contributed by atoms with Gasteiger partial charge in [-0.3, -0.25) is 4.79 Å². The zero-order chi connectivity index (χ0) is 14.5. The van der Waals surface area contributed by atoms with Crippen molar-refractivity contribution >= 4 is 16.0 Å². The van der Waals surface area contributed by atoms with Crippen LogP contribution < -0.4 is 5.73 Å². The molecule has 1 aliphatic carbocycles. The van der Waals surface area contributed by atoms with Gasteiger partial charge in [-0.25, -0.2) is 8.42 Å². The first kappa shape index (κ1) is 16.4. The van der Waals surface area contributed by atoms with Gasteiger partial charge >= 0.3 is 0 Å². The summed E-state index contributed by atoms with van der Waals surface area (Å²) in [7, 11) is -2.95. The number of hydrogen-bond acceptors (Lipinski definition) is 4. The number of nitrogens with zero attached hydrogens (tertiary/aromatic N) is 1. The minimum atomic E-state index is -2.95. The van der Waals surface area contributed by atoms with Crippen molar-refractivity contribution in [2.45, 2.75) is 45.1 Å². The van der Waals surface area contributed by atoms with Gasteiger partial charge in [0.05, 0.1) is 5.75 Å². The Kier molecular flexibility index (Phi) is 6.22. The molecule has 1 aliphatic heterocycles. The average Bonchev–Trinajstić information content (AvgIpc) is 2.68. The first-order valence-corrected chi connectivity index (χ1v) is 8.38. The van der Waals surface area contributed by atoms with Crippen LogP contribution >= 0.6 is 0 Å². The van der Waals surface area contributed by atoms with E-state index in [1.54, 1.807) is 4.31 Å². The molecule has 0 bridgehead atoms. The first-order valence-electron chi connectivity index (χ1n) is 6.77. The summed E-state index contributed by atoms with van der Waals surface area (Å²) in [5.74, 6) is -0.118. The third-order valence-electron chi connectivity index (χ3n) is 3.68. The number of carboxylic acids is 1. The highest BCUT2D eigenvalue weighted by atomic mass is 32.2. The van der Waals surface area contributed by atoms with Gasteiger partial charge in [0.2, 0.25) is 10.0 Å². The molecule has 0 aromatic rings. The number of rotatable bonds is 2. The fourth-order valence-corrected chi connectivity index (χ4v) is 4.70. The molecule has 2 aliphatic rings. The third-order valence-corrected chi connectivity index (χ3v) is 5.65. The molecule has 2 unspecified atom stereocenters. The summed E-state index contributed by atoms with van der Waals surface area (Å²) < 4.78 is 25.3. The molecule has 2 atom stereocenters. The molecule has 112 valence electrons. The van der Waals surface area contributed by atoms with E-state index in [-0.39, 0.29) is 6.04 Å².